The lowest BCUT2D eigenvalue weighted by Crippen LogP contribution is -2.55. The Morgan fingerprint density at radius 1 is 1.20 bits per heavy atom. The van der Waals surface area contributed by atoms with E-state index in [1.54, 1.807) is 0 Å². The molecule has 1 amide bonds. The normalized spacial score (nSPS) is 30.0. The summed E-state index contributed by atoms with van der Waals surface area (Å²) in [7, 11) is 2.23. The highest BCUT2D eigenvalue weighted by Gasteiger charge is 2.36. The van der Waals surface area contributed by atoms with Crippen LogP contribution in [0.2, 0.25) is 0 Å². The van der Waals surface area contributed by atoms with Gasteiger partial charge in [0.15, 0.2) is 0 Å². The third-order valence-electron chi connectivity index (χ3n) is 4.80. The summed E-state index contributed by atoms with van der Waals surface area (Å²) < 4.78 is 0. The molecule has 1 N–H and O–H groups in total. The lowest BCUT2D eigenvalue weighted by Gasteiger charge is -2.47. The molecule has 3 nitrogen and oxygen atoms in total. The Morgan fingerprint density at radius 3 is 2.40 bits per heavy atom. The van der Waals surface area contributed by atoms with Crippen molar-refractivity contribution in [1.82, 2.24) is 10.2 Å². The number of benzene rings is 1. The van der Waals surface area contributed by atoms with Crippen LogP contribution < -0.4 is 5.32 Å². The van der Waals surface area contributed by atoms with Crippen LogP contribution in [-0.2, 0) is 0 Å². The first kappa shape index (κ1) is 14.0. The number of amides is 1. The third-order valence-corrected chi connectivity index (χ3v) is 5.10. The largest absolute Gasteiger partial charge is 0.349 e. The minimum absolute atomic E-state index is 0.0472. The fourth-order valence-corrected chi connectivity index (χ4v) is 3.76. The maximum absolute atomic E-state index is 12.3. The summed E-state index contributed by atoms with van der Waals surface area (Å²) in [6, 6.07) is 9.02. The number of nitrogens with one attached hydrogen (secondary N) is 1. The van der Waals surface area contributed by atoms with Gasteiger partial charge in [0.05, 0.1) is 0 Å². The van der Waals surface area contributed by atoms with Gasteiger partial charge >= 0.3 is 0 Å². The van der Waals surface area contributed by atoms with Crippen LogP contribution in [0.25, 0.3) is 0 Å². The Hall–Kier alpha value is -1.00. The van der Waals surface area contributed by atoms with Gasteiger partial charge in [0.2, 0.25) is 0 Å². The monoisotopic (exact) mass is 290 g/mol. The molecule has 0 aromatic heterocycles. The van der Waals surface area contributed by atoms with Gasteiger partial charge in [0, 0.05) is 28.6 Å². The van der Waals surface area contributed by atoms with Crippen molar-refractivity contribution in [3.8, 4) is 0 Å². The van der Waals surface area contributed by atoms with Crippen LogP contribution in [-0.4, -0.2) is 36.0 Å². The fraction of sp³-hybridized carbons (Fsp3) is 0.562. The van der Waals surface area contributed by atoms with Crippen LogP contribution in [0.4, 0.5) is 0 Å². The molecule has 2 saturated heterocycles. The molecule has 0 radical (unpaired) electrons. The second kappa shape index (κ2) is 5.78. The lowest BCUT2D eigenvalue weighted by molar-refractivity contribution is 0.0463. The van der Waals surface area contributed by atoms with Gasteiger partial charge in [-0.1, -0.05) is 6.42 Å². The topological polar surface area (TPSA) is 32.3 Å². The number of hydrogen-bond acceptors (Lipinski definition) is 3. The highest BCUT2D eigenvalue weighted by molar-refractivity contribution is 7.80. The highest BCUT2D eigenvalue weighted by atomic mass is 32.1. The van der Waals surface area contributed by atoms with Crippen LogP contribution in [0.15, 0.2) is 29.2 Å². The van der Waals surface area contributed by atoms with E-state index >= 15 is 0 Å². The Balaban J connectivity index is 1.63. The molecule has 108 valence electrons. The van der Waals surface area contributed by atoms with Crippen molar-refractivity contribution < 1.29 is 4.79 Å². The highest BCUT2D eigenvalue weighted by Crippen LogP contribution is 2.32. The van der Waals surface area contributed by atoms with E-state index in [4.69, 9.17) is 0 Å². The zero-order valence-electron chi connectivity index (χ0n) is 11.9. The maximum Gasteiger partial charge on any atom is 0.251 e. The molecule has 2 aliphatic heterocycles. The zero-order chi connectivity index (χ0) is 14.1. The molecule has 0 spiro atoms. The molecule has 20 heavy (non-hydrogen) atoms. The van der Waals surface area contributed by atoms with Crippen molar-refractivity contribution in [3.05, 3.63) is 29.8 Å². The van der Waals surface area contributed by atoms with Crippen molar-refractivity contribution in [1.29, 1.82) is 0 Å². The Kier molecular flexibility index (Phi) is 4.03. The molecule has 2 fully saturated rings. The molecule has 0 aliphatic carbocycles. The molecule has 0 saturated carbocycles. The first-order valence-corrected chi connectivity index (χ1v) is 7.90. The minimum atomic E-state index is 0.0472. The number of piperidine rings is 2. The summed E-state index contributed by atoms with van der Waals surface area (Å²) in [5, 5.41) is 3.21. The Morgan fingerprint density at radius 2 is 1.80 bits per heavy atom. The minimum Gasteiger partial charge on any atom is -0.349 e. The van der Waals surface area contributed by atoms with Gasteiger partial charge in [-0.25, -0.2) is 0 Å². The van der Waals surface area contributed by atoms with E-state index < -0.39 is 0 Å². The molecule has 2 heterocycles. The number of hydrogen-bond donors (Lipinski definition) is 2. The van der Waals surface area contributed by atoms with Crippen molar-refractivity contribution >= 4 is 18.5 Å². The quantitative estimate of drug-likeness (QED) is 0.821. The van der Waals surface area contributed by atoms with Gasteiger partial charge in [-0.2, -0.15) is 0 Å². The summed E-state index contributed by atoms with van der Waals surface area (Å²) in [4.78, 5) is 15.7. The molecular formula is C16H22N2OS. The van der Waals surface area contributed by atoms with Crippen LogP contribution in [0.5, 0.6) is 0 Å². The van der Waals surface area contributed by atoms with Crippen LogP contribution in [0.3, 0.4) is 0 Å². The predicted molar refractivity (Wildman–Crippen MR) is 83.4 cm³/mol. The van der Waals surface area contributed by atoms with Gasteiger partial charge in [-0.15, -0.1) is 12.6 Å². The summed E-state index contributed by atoms with van der Waals surface area (Å²) in [6.45, 7) is 0. The predicted octanol–water partition coefficient (Wildman–Crippen LogP) is 2.72. The van der Waals surface area contributed by atoms with Crippen molar-refractivity contribution in [2.24, 2.45) is 0 Å². The van der Waals surface area contributed by atoms with Crippen molar-refractivity contribution in [3.63, 3.8) is 0 Å². The molecule has 1 aromatic carbocycles. The van der Waals surface area contributed by atoms with E-state index in [2.05, 4.69) is 29.9 Å². The van der Waals surface area contributed by atoms with E-state index in [9.17, 15) is 4.79 Å². The molecule has 1 aromatic rings. The number of carbonyl (C=O) groups excluding carboxylic acids is 1. The standard InChI is InChI=1S/C16H22N2OS/c1-18-13-3-2-4-14(18)10-12(9-13)17-16(19)11-5-7-15(20)8-6-11/h5-8,12-14,20H,2-4,9-10H2,1H3,(H,17,19). The number of nitrogens with zero attached hydrogens (tertiary/aromatic N) is 1. The SMILES string of the molecule is CN1C2CCCC1CC(NC(=O)c1ccc(S)cc1)C2. The smallest absolute Gasteiger partial charge is 0.251 e. The first-order valence-electron chi connectivity index (χ1n) is 7.45. The Labute approximate surface area is 126 Å². The number of fused-ring (bicyclic) bond motifs is 2. The molecule has 2 bridgehead atoms. The van der Waals surface area contributed by atoms with Crippen LogP contribution in [0, 0.1) is 0 Å². The molecule has 2 unspecified atom stereocenters. The number of rotatable bonds is 2. The second-order valence-electron chi connectivity index (χ2n) is 6.09. The first-order chi connectivity index (χ1) is 9.63. The number of thiol groups is 1. The number of carbonyl (C=O) groups is 1. The van der Waals surface area contributed by atoms with Gasteiger partial charge in [0.25, 0.3) is 5.91 Å². The van der Waals surface area contributed by atoms with E-state index in [1.165, 1.54) is 19.3 Å². The summed E-state index contributed by atoms with van der Waals surface area (Å²) in [5.41, 5.74) is 0.729. The molecular weight excluding hydrogens is 268 g/mol. The molecule has 2 aliphatic rings. The van der Waals surface area contributed by atoms with Crippen LogP contribution >= 0.6 is 12.6 Å². The van der Waals surface area contributed by atoms with Gasteiger partial charge in [-0.3, -0.25) is 4.79 Å². The van der Waals surface area contributed by atoms with Crippen molar-refractivity contribution in [2.75, 3.05) is 7.05 Å². The van der Waals surface area contributed by atoms with E-state index in [0.717, 1.165) is 23.3 Å². The molecule has 2 atom stereocenters. The average molecular weight is 290 g/mol. The lowest BCUT2D eigenvalue weighted by atomic mass is 9.82. The molecule has 4 heteroatoms. The maximum atomic E-state index is 12.3. The average Bonchev–Trinajstić information content (AvgIpc) is 2.40. The van der Waals surface area contributed by atoms with Crippen LogP contribution in [0.1, 0.15) is 42.5 Å². The Bertz CT molecular complexity index is 474. The van der Waals surface area contributed by atoms with E-state index in [0.29, 0.717) is 18.1 Å². The van der Waals surface area contributed by atoms with Gasteiger partial charge in [-0.05, 0) is 57.0 Å². The second-order valence-corrected chi connectivity index (χ2v) is 6.61. The van der Waals surface area contributed by atoms with E-state index in [1.807, 2.05) is 24.3 Å². The van der Waals surface area contributed by atoms with E-state index in [-0.39, 0.29) is 5.91 Å². The van der Waals surface area contributed by atoms with Crippen molar-refractivity contribution in [2.45, 2.75) is 55.1 Å². The fourth-order valence-electron chi connectivity index (χ4n) is 3.62. The van der Waals surface area contributed by atoms with Gasteiger partial charge < -0.3 is 10.2 Å². The molecule has 3 rings (SSSR count). The summed E-state index contributed by atoms with van der Waals surface area (Å²) in [6.07, 6.45) is 6.05. The third kappa shape index (κ3) is 2.86. The summed E-state index contributed by atoms with van der Waals surface area (Å²) in [5.74, 6) is 0.0472. The summed E-state index contributed by atoms with van der Waals surface area (Å²) >= 11 is 4.25. The zero-order valence-corrected chi connectivity index (χ0v) is 12.8. The van der Waals surface area contributed by atoms with Gasteiger partial charge in [0.1, 0.15) is 0 Å².